The number of fused-ring (bicyclic) bond motifs is 3. The predicted molar refractivity (Wildman–Crippen MR) is 92.3 cm³/mol. The number of benzene rings is 1. The van der Waals surface area contributed by atoms with Gasteiger partial charge >= 0.3 is 5.97 Å². The molecule has 1 aliphatic heterocycles. The highest BCUT2D eigenvalue weighted by Gasteiger charge is 2.27. The summed E-state index contributed by atoms with van der Waals surface area (Å²) >= 11 is 0. The maximum Gasteiger partial charge on any atom is 0.323 e. The van der Waals surface area contributed by atoms with Crippen LogP contribution in [0.15, 0.2) is 48.8 Å². The number of carbonyl (C=O) groups is 2. The van der Waals surface area contributed by atoms with Gasteiger partial charge in [-0.25, -0.2) is 0 Å². The fourth-order valence-corrected chi connectivity index (χ4v) is 3.56. The van der Waals surface area contributed by atoms with Crippen LogP contribution in [0.4, 0.5) is 0 Å². The monoisotopic (exact) mass is 335 g/mol. The Morgan fingerprint density at radius 1 is 1.16 bits per heavy atom. The van der Waals surface area contributed by atoms with Crippen LogP contribution < -0.4 is 0 Å². The number of hydrogen-bond donors (Lipinski definition) is 1. The fourth-order valence-electron chi connectivity index (χ4n) is 3.56. The van der Waals surface area contributed by atoms with Crippen LogP contribution in [0.2, 0.25) is 0 Å². The minimum absolute atomic E-state index is 0.0474. The summed E-state index contributed by atoms with van der Waals surface area (Å²) in [5.74, 6) is -0.911. The molecule has 0 radical (unpaired) electrons. The summed E-state index contributed by atoms with van der Waals surface area (Å²) in [5, 5.41) is 10.3. The van der Waals surface area contributed by atoms with Crippen LogP contribution in [-0.2, 0) is 24.3 Å². The van der Waals surface area contributed by atoms with E-state index in [9.17, 15) is 14.7 Å². The fraction of sp³-hybridized carbons (Fsp3) is 0.211. The number of aromatic nitrogens is 2. The molecule has 1 aliphatic rings. The molecule has 6 heteroatoms. The second kappa shape index (κ2) is 6.05. The number of amides is 1. The van der Waals surface area contributed by atoms with Gasteiger partial charge in [0.05, 0.1) is 5.56 Å². The first-order valence-electron chi connectivity index (χ1n) is 8.15. The van der Waals surface area contributed by atoms with E-state index in [1.165, 1.54) is 0 Å². The molecule has 1 N–H and O–H groups in total. The minimum atomic E-state index is -0.864. The van der Waals surface area contributed by atoms with Crippen molar-refractivity contribution in [2.75, 3.05) is 6.54 Å². The molecule has 0 atom stereocenters. The number of carbonyl (C=O) groups excluding carboxylic acids is 1. The standard InChI is InChI=1S/C19H17N3O3/c23-18(24)12-22-16-6-2-1-5-14(16)15-11-21(9-7-17(15)22)19(25)13-4-3-8-20-10-13/h1-6,8,10H,7,9,11-12H2,(H,23,24). The van der Waals surface area contributed by atoms with Crippen molar-refractivity contribution in [3.8, 4) is 0 Å². The second-order valence-corrected chi connectivity index (χ2v) is 6.14. The van der Waals surface area contributed by atoms with E-state index in [1.54, 1.807) is 29.4 Å². The van der Waals surface area contributed by atoms with E-state index in [0.717, 1.165) is 22.2 Å². The van der Waals surface area contributed by atoms with Crippen LogP contribution in [0.5, 0.6) is 0 Å². The first-order valence-corrected chi connectivity index (χ1v) is 8.15. The minimum Gasteiger partial charge on any atom is -0.480 e. The van der Waals surface area contributed by atoms with E-state index in [-0.39, 0.29) is 12.5 Å². The molecule has 3 heterocycles. The molecule has 25 heavy (non-hydrogen) atoms. The molecule has 0 fully saturated rings. The highest BCUT2D eigenvalue weighted by Crippen LogP contribution is 2.31. The zero-order valence-corrected chi connectivity index (χ0v) is 13.6. The highest BCUT2D eigenvalue weighted by molar-refractivity contribution is 5.95. The Morgan fingerprint density at radius 2 is 2.00 bits per heavy atom. The molecule has 0 spiro atoms. The van der Waals surface area contributed by atoms with Gasteiger partial charge < -0.3 is 14.6 Å². The molecule has 6 nitrogen and oxygen atoms in total. The van der Waals surface area contributed by atoms with Gasteiger partial charge in [-0.2, -0.15) is 0 Å². The van der Waals surface area contributed by atoms with Crippen molar-refractivity contribution in [1.82, 2.24) is 14.5 Å². The molecular formula is C19H17N3O3. The van der Waals surface area contributed by atoms with Gasteiger partial charge in [0.25, 0.3) is 5.91 Å². The van der Waals surface area contributed by atoms with Crippen molar-refractivity contribution < 1.29 is 14.7 Å². The van der Waals surface area contributed by atoms with Crippen molar-refractivity contribution in [3.63, 3.8) is 0 Å². The topological polar surface area (TPSA) is 75.4 Å². The van der Waals surface area contributed by atoms with Crippen LogP contribution in [0, 0.1) is 0 Å². The third-order valence-corrected chi connectivity index (χ3v) is 4.65. The normalized spacial score (nSPS) is 13.7. The number of pyridine rings is 1. The first kappa shape index (κ1) is 15.4. The summed E-state index contributed by atoms with van der Waals surface area (Å²) in [4.78, 5) is 29.8. The van der Waals surface area contributed by atoms with Gasteiger partial charge in [0.1, 0.15) is 6.54 Å². The predicted octanol–water partition coefficient (Wildman–Crippen LogP) is 2.32. The average molecular weight is 335 g/mol. The molecule has 0 unspecified atom stereocenters. The van der Waals surface area contributed by atoms with Crippen LogP contribution in [0.1, 0.15) is 21.6 Å². The molecule has 1 amide bonds. The molecule has 2 aromatic heterocycles. The van der Waals surface area contributed by atoms with Crippen LogP contribution in [-0.4, -0.2) is 38.0 Å². The summed E-state index contributed by atoms with van der Waals surface area (Å²) in [6.07, 6.45) is 3.86. The lowest BCUT2D eigenvalue weighted by Gasteiger charge is -2.28. The Labute approximate surface area is 144 Å². The lowest BCUT2D eigenvalue weighted by Crippen LogP contribution is -2.36. The lowest BCUT2D eigenvalue weighted by atomic mass is 10.0. The number of para-hydroxylation sites is 1. The van der Waals surface area contributed by atoms with Crippen molar-refractivity contribution in [2.45, 2.75) is 19.5 Å². The average Bonchev–Trinajstić information content (AvgIpc) is 2.95. The summed E-state index contributed by atoms with van der Waals surface area (Å²) in [6, 6.07) is 11.3. The zero-order valence-electron chi connectivity index (χ0n) is 13.6. The van der Waals surface area contributed by atoms with Gasteiger partial charge in [-0.15, -0.1) is 0 Å². The molecule has 0 bridgehead atoms. The van der Waals surface area contributed by atoms with Gasteiger partial charge in [0.2, 0.25) is 0 Å². The SMILES string of the molecule is O=C(O)Cn1c2c(c3ccccc31)CN(C(=O)c1cccnc1)CC2. The van der Waals surface area contributed by atoms with E-state index >= 15 is 0 Å². The molecule has 4 rings (SSSR count). The highest BCUT2D eigenvalue weighted by atomic mass is 16.4. The third kappa shape index (κ3) is 2.65. The Morgan fingerprint density at radius 3 is 2.76 bits per heavy atom. The zero-order chi connectivity index (χ0) is 17.4. The van der Waals surface area contributed by atoms with E-state index in [4.69, 9.17) is 0 Å². The van der Waals surface area contributed by atoms with Crippen molar-refractivity contribution in [1.29, 1.82) is 0 Å². The molecule has 126 valence electrons. The number of carboxylic acid groups (broad SMARTS) is 1. The van der Waals surface area contributed by atoms with Crippen LogP contribution in [0.3, 0.4) is 0 Å². The summed E-state index contributed by atoms with van der Waals surface area (Å²) in [6.45, 7) is 0.985. The second-order valence-electron chi connectivity index (χ2n) is 6.14. The van der Waals surface area contributed by atoms with Gasteiger partial charge in [-0.05, 0) is 18.2 Å². The van der Waals surface area contributed by atoms with E-state index in [2.05, 4.69) is 4.98 Å². The molecular weight excluding hydrogens is 318 g/mol. The lowest BCUT2D eigenvalue weighted by molar-refractivity contribution is -0.137. The number of carboxylic acids is 1. The Hall–Kier alpha value is -3.15. The maximum atomic E-state index is 12.7. The van der Waals surface area contributed by atoms with Crippen LogP contribution >= 0.6 is 0 Å². The summed E-state index contributed by atoms with van der Waals surface area (Å²) < 4.78 is 1.86. The van der Waals surface area contributed by atoms with Gasteiger partial charge in [-0.3, -0.25) is 14.6 Å². The number of hydrogen-bond acceptors (Lipinski definition) is 3. The third-order valence-electron chi connectivity index (χ3n) is 4.65. The summed E-state index contributed by atoms with van der Waals surface area (Å²) in [5.41, 5.74) is 3.53. The number of aliphatic carboxylic acids is 1. The van der Waals surface area contributed by atoms with Crippen LogP contribution in [0.25, 0.3) is 10.9 Å². The van der Waals surface area contributed by atoms with E-state index in [0.29, 0.717) is 25.1 Å². The van der Waals surface area contributed by atoms with Gasteiger partial charge in [-0.1, -0.05) is 18.2 Å². The smallest absolute Gasteiger partial charge is 0.323 e. The quantitative estimate of drug-likeness (QED) is 0.797. The molecule has 0 saturated carbocycles. The number of nitrogens with zero attached hydrogens (tertiary/aromatic N) is 3. The molecule has 1 aromatic carbocycles. The first-order chi connectivity index (χ1) is 12.1. The largest absolute Gasteiger partial charge is 0.480 e. The number of rotatable bonds is 3. The molecule has 3 aromatic rings. The van der Waals surface area contributed by atoms with Crippen molar-refractivity contribution in [3.05, 3.63) is 65.6 Å². The Bertz CT molecular complexity index is 963. The van der Waals surface area contributed by atoms with Crippen molar-refractivity contribution in [2.24, 2.45) is 0 Å². The Kier molecular flexibility index (Phi) is 3.72. The Balaban J connectivity index is 1.74. The van der Waals surface area contributed by atoms with Crippen molar-refractivity contribution >= 4 is 22.8 Å². The van der Waals surface area contributed by atoms with Gasteiger partial charge in [0.15, 0.2) is 0 Å². The van der Waals surface area contributed by atoms with E-state index in [1.807, 2.05) is 28.8 Å². The van der Waals surface area contributed by atoms with Gasteiger partial charge in [0, 0.05) is 54.1 Å². The summed E-state index contributed by atoms with van der Waals surface area (Å²) in [7, 11) is 0. The molecule has 0 saturated heterocycles. The maximum absolute atomic E-state index is 12.7. The van der Waals surface area contributed by atoms with E-state index < -0.39 is 5.97 Å². The molecule has 0 aliphatic carbocycles.